The molecule has 0 bridgehead atoms. The SMILES string of the molecule is CCNC(=NCCc1ccc2c(c1)OCO2)NCCNC(=O)c1cccnc1. The van der Waals surface area contributed by atoms with Crippen LogP contribution in [-0.2, 0) is 6.42 Å². The van der Waals surface area contributed by atoms with Crippen LogP contribution in [0.1, 0.15) is 22.8 Å². The highest BCUT2D eigenvalue weighted by atomic mass is 16.7. The standard InChI is InChI=1S/C20H25N5O3/c1-2-22-20(25-11-10-23-19(26)16-4-3-8-21-13-16)24-9-7-15-5-6-17-18(12-15)28-14-27-17/h3-6,8,12-13H,2,7,9-11,14H2,1H3,(H,23,26)(H2,22,24,25). The summed E-state index contributed by atoms with van der Waals surface area (Å²) in [6.07, 6.45) is 3.98. The first-order chi connectivity index (χ1) is 13.8. The van der Waals surface area contributed by atoms with Crippen LogP contribution in [0.5, 0.6) is 11.5 Å². The number of aliphatic imine (C=N–C) groups is 1. The fourth-order valence-corrected chi connectivity index (χ4v) is 2.69. The molecular formula is C20H25N5O3. The number of ether oxygens (including phenoxy) is 2. The minimum atomic E-state index is -0.139. The zero-order valence-corrected chi connectivity index (χ0v) is 15.9. The molecule has 0 fully saturated rings. The normalized spacial score (nSPS) is 12.5. The van der Waals surface area contributed by atoms with Gasteiger partial charge in [0.15, 0.2) is 17.5 Å². The highest BCUT2D eigenvalue weighted by Crippen LogP contribution is 2.32. The molecule has 0 radical (unpaired) electrons. The molecule has 3 N–H and O–H groups in total. The average Bonchev–Trinajstić information content (AvgIpc) is 3.19. The van der Waals surface area contributed by atoms with Crippen LogP contribution in [0.4, 0.5) is 0 Å². The Morgan fingerprint density at radius 1 is 1.14 bits per heavy atom. The van der Waals surface area contributed by atoms with Crippen molar-refractivity contribution in [3.63, 3.8) is 0 Å². The second kappa shape index (κ2) is 10.1. The first-order valence-electron chi connectivity index (χ1n) is 9.35. The molecule has 0 aliphatic carbocycles. The Labute approximate surface area is 164 Å². The first-order valence-corrected chi connectivity index (χ1v) is 9.35. The van der Waals surface area contributed by atoms with Crippen molar-refractivity contribution < 1.29 is 14.3 Å². The van der Waals surface area contributed by atoms with Gasteiger partial charge in [0.05, 0.1) is 5.56 Å². The smallest absolute Gasteiger partial charge is 0.252 e. The molecule has 148 valence electrons. The molecule has 0 unspecified atom stereocenters. The Kier molecular flexibility index (Phi) is 7.06. The van der Waals surface area contributed by atoms with Gasteiger partial charge in [0.1, 0.15) is 0 Å². The molecule has 1 aliphatic rings. The van der Waals surface area contributed by atoms with E-state index in [2.05, 4.69) is 25.9 Å². The molecule has 0 saturated heterocycles. The summed E-state index contributed by atoms with van der Waals surface area (Å²) in [6, 6.07) is 9.42. The summed E-state index contributed by atoms with van der Waals surface area (Å²) in [7, 11) is 0. The van der Waals surface area contributed by atoms with E-state index in [1.165, 1.54) is 0 Å². The quantitative estimate of drug-likeness (QED) is 0.362. The number of aromatic nitrogens is 1. The highest BCUT2D eigenvalue weighted by molar-refractivity contribution is 5.93. The summed E-state index contributed by atoms with van der Waals surface area (Å²) in [5.41, 5.74) is 1.69. The third-order valence-corrected chi connectivity index (χ3v) is 4.08. The predicted octanol–water partition coefficient (Wildman–Crippen LogP) is 1.34. The van der Waals surface area contributed by atoms with E-state index in [9.17, 15) is 4.79 Å². The van der Waals surface area contributed by atoms with Gasteiger partial charge in [-0.1, -0.05) is 6.07 Å². The molecule has 0 atom stereocenters. The Morgan fingerprint density at radius 2 is 2.00 bits per heavy atom. The van der Waals surface area contributed by atoms with Gasteiger partial charge in [-0.3, -0.25) is 14.8 Å². The van der Waals surface area contributed by atoms with Gasteiger partial charge >= 0.3 is 0 Å². The molecule has 2 aromatic rings. The summed E-state index contributed by atoms with van der Waals surface area (Å²) in [4.78, 5) is 20.5. The minimum Gasteiger partial charge on any atom is -0.454 e. The number of rotatable bonds is 8. The number of hydrogen-bond donors (Lipinski definition) is 3. The van der Waals surface area contributed by atoms with Gasteiger partial charge in [-0.2, -0.15) is 0 Å². The topological polar surface area (TPSA) is 96.9 Å². The van der Waals surface area contributed by atoms with Crippen LogP contribution in [0.15, 0.2) is 47.7 Å². The number of hydrogen-bond acceptors (Lipinski definition) is 5. The van der Waals surface area contributed by atoms with Gasteiger partial charge in [-0.05, 0) is 43.2 Å². The number of carbonyl (C=O) groups excluding carboxylic acids is 1. The van der Waals surface area contributed by atoms with Crippen molar-refractivity contribution in [1.82, 2.24) is 20.9 Å². The van der Waals surface area contributed by atoms with Crippen LogP contribution in [0, 0.1) is 0 Å². The van der Waals surface area contributed by atoms with Crippen LogP contribution >= 0.6 is 0 Å². The number of carbonyl (C=O) groups is 1. The lowest BCUT2D eigenvalue weighted by molar-refractivity contribution is 0.0954. The maximum atomic E-state index is 12.0. The van der Waals surface area contributed by atoms with Crippen molar-refractivity contribution in [1.29, 1.82) is 0 Å². The Morgan fingerprint density at radius 3 is 2.82 bits per heavy atom. The van der Waals surface area contributed by atoms with Crippen LogP contribution in [0.2, 0.25) is 0 Å². The molecule has 8 nitrogen and oxygen atoms in total. The van der Waals surface area contributed by atoms with Gasteiger partial charge in [0, 0.05) is 38.6 Å². The van der Waals surface area contributed by atoms with Crippen LogP contribution < -0.4 is 25.4 Å². The molecule has 0 saturated carbocycles. The molecule has 0 spiro atoms. The van der Waals surface area contributed by atoms with E-state index in [1.54, 1.807) is 24.5 Å². The largest absolute Gasteiger partial charge is 0.454 e. The number of fused-ring (bicyclic) bond motifs is 1. The van der Waals surface area contributed by atoms with Crippen molar-refractivity contribution in [2.24, 2.45) is 4.99 Å². The zero-order valence-electron chi connectivity index (χ0n) is 15.9. The molecular weight excluding hydrogens is 358 g/mol. The fourth-order valence-electron chi connectivity index (χ4n) is 2.69. The highest BCUT2D eigenvalue weighted by Gasteiger charge is 2.12. The van der Waals surface area contributed by atoms with Crippen molar-refractivity contribution in [2.45, 2.75) is 13.3 Å². The number of pyridine rings is 1. The minimum absolute atomic E-state index is 0.139. The molecule has 3 rings (SSSR count). The maximum Gasteiger partial charge on any atom is 0.252 e. The summed E-state index contributed by atoms with van der Waals surface area (Å²) in [5, 5.41) is 9.27. The average molecular weight is 383 g/mol. The molecule has 2 heterocycles. The molecule has 1 aromatic carbocycles. The van der Waals surface area contributed by atoms with Gasteiger partial charge < -0.3 is 25.4 Å². The van der Waals surface area contributed by atoms with Crippen LogP contribution in [0.25, 0.3) is 0 Å². The number of benzene rings is 1. The molecule has 8 heteroatoms. The van der Waals surface area contributed by atoms with E-state index < -0.39 is 0 Å². The van der Waals surface area contributed by atoms with Crippen molar-refractivity contribution in [3.8, 4) is 11.5 Å². The van der Waals surface area contributed by atoms with E-state index in [4.69, 9.17) is 9.47 Å². The summed E-state index contributed by atoms with van der Waals surface area (Å²) >= 11 is 0. The predicted molar refractivity (Wildman–Crippen MR) is 107 cm³/mol. The van der Waals surface area contributed by atoms with E-state index in [0.717, 1.165) is 36.0 Å². The zero-order chi connectivity index (χ0) is 19.6. The van der Waals surface area contributed by atoms with E-state index in [-0.39, 0.29) is 12.7 Å². The lowest BCUT2D eigenvalue weighted by atomic mass is 10.1. The number of amides is 1. The fraction of sp³-hybridized carbons (Fsp3) is 0.350. The van der Waals surface area contributed by atoms with Gasteiger partial charge in [-0.15, -0.1) is 0 Å². The summed E-state index contributed by atoms with van der Waals surface area (Å²) < 4.78 is 10.7. The first kappa shape index (κ1) is 19.5. The Balaban J connectivity index is 1.42. The molecule has 28 heavy (non-hydrogen) atoms. The monoisotopic (exact) mass is 383 g/mol. The lowest BCUT2D eigenvalue weighted by Crippen LogP contribution is -2.41. The van der Waals surface area contributed by atoms with Gasteiger partial charge in [0.2, 0.25) is 6.79 Å². The number of guanidine groups is 1. The maximum absolute atomic E-state index is 12.0. The Bertz CT molecular complexity index is 811. The summed E-state index contributed by atoms with van der Waals surface area (Å²) in [5.74, 6) is 2.16. The molecule has 1 amide bonds. The lowest BCUT2D eigenvalue weighted by Gasteiger charge is -2.12. The molecule has 1 aliphatic heterocycles. The summed E-state index contributed by atoms with van der Waals surface area (Å²) in [6.45, 7) is 4.75. The second-order valence-electron chi connectivity index (χ2n) is 6.12. The van der Waals surface area contributed by atoms with Gasteiger partial charge in [0.25, 0.3) is 5.91 Å². The van der Waals surface area contributed by atoms with Gasteiger partial charge in [-0.25, -0.2) is 0 Å². The number of nitrogens with zero attached hydrogens (tertiary/aromatic N) is 2. The van der Waals surface area contributed by atoms with Crippen LogP contribution in [-0.4, -0.2) is 49.8 Å². The number of nitrogens with one attached hydrogen (secondary N) is 3. The second-order valence-corrected chi connectivity index (χ2v) is 6.12. The van der Waals surface area contributed by atoms with E-state index in [1.807, 2.05) is 25.1 Å². The van der Waals surface area contributed by atoms with E-state index >= 15 is 0 Å². The van der Waals surface area contributed by atoms with Crippen LogP contribution in [0.3, 0.4) is 0 Å². The van der Waals surface area contributed by atoms with E-state index in [0.29, 0.717) is 25.2 Å². The molecule has 1 aromatic heterocycles. The Hall–Kier alpha value is -3.29. The van der Waals surface area contributed by atoms with Crippen molar-refractivity contribution >= 4 is 11.9 Å². The third kappa shape index (κ3) is 5.60. The van der Waals surface area contributed by atoms with Crippen molar-refractivity contribution in [2.75, 3.05) is 33.0 Å². The third-order valence-electron chi connectivity index (χ3n) is 4.08. The van der Waals surface area contributed by atoms with Crippen molar-refractivity contribution in [3.05, 3.63) is 53.9 Å².